The van der Waals surface area contributed by atoms with Crippen LogP contribution in [-0.2, 0) is 6.42 Å². The quantitative estimate of drug-likeness (QED) is 0.939. The molecule has 0 unspecified atom stereocenters. The maximum Gasteiger partial charge on any atom is 0.253 e. The first-order valence-corrected chi connectivity index (χ1v) is 8.65. The lowest BCUT2D eigenvalue weighted by Gasteiger charge is -2.31. The fraction of sp³-hybridized carbons (Fsp3) is 0.500. The van der Waals surface area contributed by atoms with Gasteiger partial charge in [-0.2, -0.15) is 5.10 Å². The lowest BCUT2D eigenvalue weighted by molar-refractivity contribution is 0.0689. The van der Waals surface area contributed by atoms with E-state index < -0.39 is 0 Å². The van der Waals surface area contributed by atoms with Crippen LogP contribution in [0.4, 0.5) is 4.39 Å². The van der Waals surface area contributed by atoms with E-state index in [0.717, 1.165) is 30.9 Å². The molecule has 2 fully saturated rings. The Balaban J connectivity index is 1.31. The molecule has 5 nitrogen and oxygen atoms in total. The summed E-state index contributed by atoms with van der Waals surface area (Å²) in [6, 6.07) is 5.92. The summed E-state index contributed by atoms with van der Waals surface area (Å²) in [6.45, 7) is 1.42. The van der Waals surface area contributed by atoms with Crippen LogP contribution in [0.2, 0.25) is 0 Å². The minimum Gasteiger partial charge on any atom is -0.339 e. The number of rotatable bonds is 4. The molecule has 0 bridgehead atoms. The first-order chi connectivity index (χ1) is 11.7. The van der Waals surface area contributed by atoms with Gasteiger partial charge in [0.15, 0.2) is 5.82 Å². The molecule has 4 rings (SSSR count). The van der Waals surface area contributed by atoms with E-state index in [2.05, 4.69) is 15.2 Å². The van der Waals surface area contributed by atoms with Crippen LogP contribution in [0.15, 0.2) is 24.3 Å². The summed E-state index contributed by atoms with van der Waals surface area (Å²) in [5.41, 5.74) is 0.428. The van der Waals surface area contributed by atoms with E-state index in [1.54, 1.807) is 12.1 Å². The zero-order chi connectivity index (χ0) is 16.5. The second-order valence-electron chi connectivity index (χ2n) is 6.86. The molecule has 1 aromatic heterocycles. The number of nitrogens with one attached hydrogen (secondary N) is 1. The van der Waals surface area contributed by atoms with Gasteiger partial charge in [0, 0.05) is 31.0 Å². The van der Waals surface area contributed by atoms with Crippen molar-refractivity contribution in [3.05, 3.63) is 47.3 Å². The van der Waals surface area contributed by atoms with Gasteiger partial charge in [-0.3, -0.25) is 9.89 Å². The molecule has 1 amide bonds. The number of amides is 1. The number of aromatic nitrogens is 3. The second kappa shape index (κ2) is 6.34. The van der Waals surface area contributed by atoms with Crippen molar-refractivity contribution >= 4 is 5.91 Å². The summed E-state index contributed by atoms with van der Waals surface area (Å²) < 4.78 is 13.3. The van der Waals surface area contributed by atoms with E-state index in [9.17, 15) is 9.18 Å². The molecule has 126 valence electrons. The highest BCUT2D eigenvalue weighted by Gasteiger charge is 2.29. The number of carbonyl (C=O) groups excluding carboxylic acids is 1. The Hall–Kier alpha value is -2.24. The largest absolute Gasteiger partial charge is 0.339 e. The van der Waals surface area contributed by atoms with Crippen LogP contribution >= 0.6 is 0 Å². The topological polar surface area (TPSA) is 61.9 Å². The number of hydrogen-bond acceptors (Lipinski definition) is 3. The van der Waals surface area contributed by atoms with Gasteiger partial charge in [-0.1, -0.05) is 6.07 Å². The molecule has 2 aromatic rings. The van der Waals surface area contributed by atoms with Crippen LogP contribution in [0.5, 0.6) is 0 Å². The van der Waals surface area contributed by atoms with Gasteiger partial charge >= 0.3 is 0 Å². The monoisotopic (exact) mass is 328 g/mol. The summed E-state index contributed by atoms with van der Waals surface area (Å²) >= 11 is 0. The molecule has 0 radical (unpaired) electrons. The van der Waals surface area contributed by atoms with Crippen LogP contribution in [0.1, 0.15) is 53.6 Å². The van der Waals surface area contributed by atoms with Gasteiger partial charge in [-0.05, 0) is 49.8 Å². The number of carbonyl (C=O) groups is 1. The molecule has 0 atom stereocenters. The summed E-state index contributed by atoms with van der Waals surface area (Å²) in [7, 11) is 0. The molecule has 0 spiro atoms. The van der Waals surface area contributed by atoms with E-state index in [1.165, 1.54) is 25.0 Å². The van der Waals surface area contributed by atoms with Gasteiger partial charge < -0.3 is 4.90 Å². The molecule has 24 heavy (non-hydrogen) atoms. The number of aromatic amines is 1. The van der Waals surface area contributed by atoms with Crippen molar-refractivity contribution in [2.45, 2.75) is 38.0 Å². The van der Waals surface area contributed by atoms with E-state index in [0.29, 0.717) is 30.5 Å². The van der Waals surface area contributed by atoms with E-state index in [-0.39, 0.29) is 11.7 Å². The zero-order valence-corrected chi connectivity index (χ0v) is 13.5. The molecule has 1 saturated carbocycles. The van der Waals surface area contributed by atoms with Crippen LogP contribution in [0, 0.1) is 11.7 Å². The van der Waals surface area contributed by atoms with Crippen LogP contribution in [0.25, 0.3) is 0 Å². The molecule has 6 heteroatoms. The summed E-state index contributed by atoms with van der Waals surface area (Å²) in [6.07, 6.45) is 5.19. The van der Waals surface area contributed by atoms with Gasteiger partial charge in [-0.25, -0.2) is 9.37 Å². The highest BCUT2D eigenvalue weighted by Crippen LogP contribution is 2.37. The lowest BCUT2D eigenvalue weighted by atomic mass is 9.93. The van der Waals surface area contributed by atoms with Gasteiger partial charge in [0.25, 0.3) is 5.91 Å². The standard InChI is InChI=1S/C18H21FN4O/c19-15-3-1-2-14(11-15)18(24)23-8-6-12(7-9-23)10-16-20-17(22-21-16)13-4-5-13/h1-3,11-13H,4-10H2,(H,20,21,22). The number of halogens is 1. The summed E-state index contributed by atoms with van der Waals surface area (Å²) in [5, 5.41) is 7.36. The Morgan fingerprint density at radius 1 is 1.25 bits per heavy atom. The van der Waals surface area contributed by atoms with Gasteiger partial charge in [0.2, 0.25) is 0 Å². The molecular weight excluding hydrogens is 307 g/mol. The third kappa shape index (κ3) is 3.32. The molecule has 1 aliphatic heterocycles. The van der Waals surface area contributed by atoms with Crippen molar-refractivity contribution in [3.63, 3.8) is 0 Å². The van der Waals surface area contributed by atoms with Crippen molar-refractivity contribution in [1.82, 2.24) is 20.1 Å². The maximum atomic E-state index is 13.3. The molecular formula is C18H21FN4O. The zero-order valence-electron chi connectivity index (χ0n) is 13.5. The van der Waals surface area contributed by atoms with Crippen molar-refractivity contribution in [1.29, 1.82) is 0 Å². The predicted octanol–water partition coefficient (Wildman–Crippen LogP) is 2.92. The molecule has 2 aliphatic rings. The number of likely N-dealkylation sites (tertiary alicyclic amines) is 1. The highest BCUT2D eigenvalue weighted by molar-refractivity contribution is 5.94. The Kier molecular flexibility index (Phi) is 4.04. The van der Waals surface area contributed by atoms with Crippen molar-refractivity contribution in [2.75, 3.05) is 13.1 Å². The third-order valence-electron chi connectivity index (χ3n) is 4.95. The highest BCUT2D eigenvalue weighted by atomic mass is 19.1. The van der Waals surface area contributed by atoms with E-state index >= 15 is 0 Å². The summed E-state index contributed by atoms with van der Waals surface area (Å²) in [4.78, 5) is 18.8. The van der Waals surface area contributed by atoms with Crippen molar-refractivity contribution in [3.8, 4) is 0 Å². The SMILES string of the molecule is O=C(c1cccc(F)c1)N1CCC(Cc2nc(C3CC3)n[nH]2)CC1. The van der Waals surface area contributed by atoms with Gasteiger partial charge in [0.05, 0.1) is 0 Å². The Labute approximate surface area is 140 Å². The molecule has 1 saturated heterocycles. The number of nitrogens with zero attached hydrogens (tertiary/aromatic N) is 3. The Bertz CT molecular complexity index is 732. The van der Waals surface area contributed by atoms with Crippen LogP contribution in [0.3, 0.4) is 0 Å². The average Bonchev–Trinajstić information content (AvgIpc) is 3.35. The summed E-state index contributed by atoms with van der Waals surface area (Å²) in [5.74, 6) is 2.56. The minimum atomic E-state index is -0.368. The molecule has 2 heterocycles. The van der Waals surface area contributed by atoms with Gasteiger partial charge in [-0.15, -0.1) is 0 Å². The number of H-pyrrole nitrogens is 1. The molecule has 1 N–H and O–H groups in total. The number of hydrogen-bond donors (Lipinski definition) is 1. The van der Waals surface area contributed by atoms with Crippen LogP contribution in [-0.4, -0.2) is 39.1 Å². The Morgan fingerprint density at radius 3 is 2.75 bits per heavy atom. The first kappa shape index (κ1) is 15.3. The maximum absolute atomic E-state index is 13.3. The molecule has 1 aromatic carbocycles. The minimum absolute atomic E-state index is 0.0800. The fourth-order valence-electron chi connectivity index (χ4n) is 3.34. The van der Waals surface area contributed by atoms with E-state index in [4.69, 9.17) is 0 Å². The van der Waals surface area contributed by atoms with Crippen molar-refractivity contribution < 1.29 is 9.18 Å². The Morgan fingerprint density at radius 2 is 2.04 bits per heavy atom. The van der Waals surface area contributed by atoms with E-state index in [1.807, 2.05) is 4.90 Å². The fourth-order valence-corrected chi connectivity index (χ4v) is 3.34. The van der Waals surface area contributed by atoms with Crippen LogP contribution < -0.4 is 0 Å². The number of benzene rings is 1. The third-order valence-corrected chi connectivity index (χ3v) is 4.95. The lowest BCUT2D eigenvalue weighted by Crippen LogP contribution is -2.39. The second-order valence-corrected chi connectivity index (χ2v) is 6.86. The first-order valence-electron chi connectivity index (χ1n) is 8.65. The average molecular weight is 328 g/mol. The number of piperidine rings is 1. The normalized spacial score (nSPS) is 18.8. The van der Waals surface area contributed by atoms with Gasteiger partial charge in [0.1, 0.15) is 11.6 Å². The smallest absolute Gasteiger partial charge is 0.253 e. The van der Waals surface area contributed by atoms with Crippen molar-refractivity contribution in [2.24, 2.45) is 5.92 Å². The predicted molar refractivity (Wildman–Crippen MR) is 87.1 cm³/mol. The molecule has 1 aliphatic carbocycles.